The van der Waals surface area contributed by atoms with Crippen LogP contribution in [0.2, 0.25) is 0 Å². The monoisotopic (exact) mass is 711 g/mol. The zero-order chi connectivity index (χ0) is 35.2. The Balaban J connectivity index is 1.37. The van der Waals surface area contributed by atoms with Crippen molar-refractivity contribution in [2.24, 2.45) is 22.9 Å². The van der Waals surface area contributed by atoms with Gasteiger partial charge in [0.25, 0.3) is 0 Å². The summed E-state index contributed by atoms with van der Waals surface area (Å²) in [6.45, 7) is 4.79. The first-order valence-corrected chi connectivity index (χ1v) is 20.0. The van der Waals surface area contributed by atoms with E-state index in [4.69, 9.17) is 24.2 Å². The number of hydrogen-bond acceptors (Lipinski definition) is 8. The van der Waals surface area contributed by atoms with Gasteiger partial charge in [-0.3, -0.25) is 0 Å². The lowest BCUT2D eigenvalue weighted by Gasteiger charge is -2.58. The molecule has 3 aromatic carbocycles. The molecule has 2 fully saturated rings. The van der Waals surface area contributed by atoms with E-state index in [2.05, 4.69) is 61.2 Å². The van der Waals surface area contributed by atoms with Crippen molar-refractivity contribution in [1.29, 1.82) is 0 Å². The van der Waals surface area contributed by atoms with E-state index >= 15 is 0 Å². The summed E-state index contributed by atoms with van der Waals surface area (Å²) < 4.78 is 21.0. The van der Waals surface area contributed by atoms with Gasteiger partial charge < -0.3 is 29.3 Å². The lowest BCUT2D eigenvalue weighted by molar-refractivity contribution is -0.223. The summed E-state index contributed by atoms with van der Waals surface area (Å²) in [7, 11) is 1.64. The van der Waals surface area contributed by atoms with Crippen LogP contribution in [0.5, 0.6) is 17.2 Å². The van der Waals surface area contributed by atoms with Crippen molar-refractivity contribution >= 4 is 28.2 Å². The molecule has 2 saturated carbocycles. The Morgan fingerprint density at radius 3 is 2.45 bits per heavy atom. The Hall–Kier alpha value is -3.30. The highest BCUT2D eigenvalue weighted by molar-refractivity contribution is 8.00. The van der Waals surface area contributed by atoms with Crippen molar-refractivity contribution in [2.75, 3.05) is 26.9 Å². The molecule has 7 nitrogen and oxygen atoms in total. The maximum atomic E-state index is 9.86. The van der Waals surface area contributed by atoms with Gasteiger partial charge in [0.05, 0.1) is 23.5 Å². The summed E-state index contributed by atoms with van der Waals surface area (Å²) in [5.74, 6) is 1.91. The fourth-order valence-corrected chi connectivity index (χ4v) is 11.0. The molecule has 3 aliphatic carbocycles. The van der Waals surface area contributed by atoms with Gasteiger partial charge in [-0.05, 0) is 97.0 Å². The first-order valence-electron chi connectivity index (χ1n) is 19.0. The number of unbranched alkanes of at least 4 members (excludes halogenated alkanes) is 2. The molecule has 0 amide bonds. The third kappa shape index (κ3) is 7.48. The highest BCUT2D eigenvalue weighted by atomic mass is 32.2. The fraction of sp³-hybridized carbons (Fsp3) is 0.512. The molecule has 0 radical (unpaired) electrons. The van der Waals surface area contributed by atoms with E-state index in [0.29, 0.717) is 18.3 Å². The molecule has 4 aliphatic rings. The van der Waals surface area contributed by atoms with Gasteiger partial charge in [-0.15, -0.1) is 18.3 Å². The lowest BCUT2D eigenvalue weighted by atomic mass is 9.56. The Morgan fingerprint density at radius 2 is 1.69 bits per heavy atom. The van der Waals surface area contributed by atoms with Gasteiger partial charge in [-0.1, -0.05) is 73.3 Å². The fourth-order valence-electron chi connectivity index (χ4n) is 9.24. The average molecular weight is 712 g/mol. The highest BCUT2D eigenvalue weighted by Gasteiger charge is 2.64. The van der Waals surface area contributed by atoms with Crippen LogP contribution in [0.15, 0.2) is 90.1 Å². The summed E-state index contributed by atoms with van der Waals surface area (Å²) in [4.78, 5) is 5.57. The molecule has 3 aromatic rings. The molecule has 1 aliphatic heterocycles. The number of rotatable bonds is 16. The number of nitrogens with zero attached hydrogens (tertiary/aromatic N) is 1. The molecule has 0 aromatic heterocycles. The quantitative estimate of drug-likeness (QED) is 0.0869. The molecule has 0 bridgehead atoms. The maximum Gasteiger partial charge on any atom is 0.230 e. The van der Waals surface area contributed by atoms with E-state index in [0.717, 1.165) is 78.0 Å². The zero-order valence-electron chi connectivity index (χ0n) is 29.9. The van der Waals surface area contributed by atoms with E-state index in [1.54, 1.807) is 7.11 Å². The molecule has 51 heavy (non-hydrogen) atoms. The smallest absolute Gasteiger partial charge is 0.230 e. The van der Waals surface area contributed by atoms with Crippen LogP contribution >= 0.6 is 11.8 Å². The highest BCUT2D eigenvalue weighted by Crippen LogP contribution is 2.63. The molecule has 0 saturated heterocycles. The van der Waals surface area contributed by atoms with Gasteiger partial charge in [-0.25, -0.2) is 0 Å². The summed E-state index contributed by atoms with van der Waals surface area (Å²) in [5, 5.41) is 27.2. The third-order valence-corrected chi connectivity index (χ3v) is 13.1. The van der Waals surface area contributed by atoms with Gasteiger partial charge in [0.2, 0.25) is 5.79 Å². The largest absolute Gasteiger partial charge is 0.460 e. The molecule has 8 heteroatoms. The number of benzene rings is 3. The first-order chi connectivity index (χ1) is 25.1. The molecular formula is C43H53NO6S. The minimum Gasteiger partial charge on any atom is -0.460 e. The van der Waals surface area contributed by atoms with Crippen molar-refractivity contribution in [3.63, 3.8) is 0 Å². The van der Waals surface area contributed by atoms with Crippen LogP contribution in [-0.4, -0.2) is 59.1 Å². The standard InChI is InChI=1S/C43H53NO6S/c1-3-24-48-43-40(51-34-15-6-7-16-34)28-38(44-47-2)36-26-31(14-8-10-22-45)35(17-9-11-23-46)41(42(36)43)37-27-33(20-21-39(37)50-43)49-32-19-18-29-12-4-5-13-30(29)25-32/h3-5,12-13,18-21,25-27,31,34-35,40-42,45-46H,1,6-11,14-17,22-24,28H2,2H3. The summed E-state index contributed by atoms with van der Waals surface area (Å²) in [6, 6.07) is 20.8. The second-order valence-corrected chi connectivity index (χ2v) is 16.1. The van der Waals surface area contributed by atoms with E-state index in [1.807, 2.05) is 30.0 Å². The summed E-state index contributed by atoms with van der Waals surface area (Å²) >= 11 is 2.02. The number of hydrogen-bond donors (Lipinski definition) is 2. The van der Waals surface area contributed by atoms with E-state index in [1.165, 1.54) is 31.1 Å². The van der Waals surface area contributed by atoms with E-state index in [-0.39, 0.29) is 42.1 Å². The van der Waals surface area contributed by atoms with Crippen molar-refractivity contribution in [1.82, 2.24) is 0 Å². The van der Waals surface area contributed by atoms with Gasteiger partial charge >= 0.3 is 0 Å². The molecular weight excluding hydrogens is 659 g/mol. The normalized spacial score (nSPS) is 27.8. The van der Waals surface area contributed by atoms with Crippen LogP contribution in [0, 0.1) is 17.8 Å². The van der Waals surface area contributed by atoms with E-state index < -0.39 is 5.79 Å². The Bertz CT molecular complexity index is 1720. The number of ether oxygens (including phenoxy) is 3. The van der Waals surface area contributed by atoms with Crippen molar-refractivity contribution in [3.8, 4) is 17.2 Å². The van der Waals surface area contributed by atoms with Crippen molar-refractivity contribution in [2.45, 2.75) is 92.8 Å². The van der Waals surface area contributed by atoms with Gasteiger partial charge in [0.15, 0.2) is 0 Å². The van der Waals surface area contributed by atoms with Crippen LogP contribution in [0.25, 0.3) is 10.8 Å². The second-order valence-electron chi connectivity index (χ2n) is 14.6. The number of aliphatic hydroxyl groups excluding tert-OH is 2. The second kappa shape index (κ2) is 16.6. The Labute approximate surface area is 307 Å². The Morgan fingerprint density at radius 1 is 0.941 bits per heavy atom. The molecule has 0 spiro atoms. The number of fused-ring (bicyclic) bond motifs is 3. The topological polar surface area (TPSA) is 89.7 Å². The summed E-state index contributed by atoms with van der Waals surface area (Å²) in [5.41, 5.74) is 3.27. The molecule has 272 valence electrons. The van der Waals surface area contributed by atoms with Crippen molar-refractivity contribution < 1.29 is 29.3 Å². The zero-order valence-corrected chi connectivity index (χ0v) is 30.7. The predicted octanol–water partition coefficient (Wildman–Crippen LogP) is 9.57. The van der Waals surface area contributed by atoms with Crippen LogP contribution < -0.4 is 9.47 Å². The van der Waals surface area contributed by atoms with Crippen LogP contribution in [-0.2, 0) is 9.57 Å². The Kier molecular flexibility index (Phi) is 11.7. The van der Waals surface area contributed by atoms with E-state index in [9.17, 15) is 10.2 Å². The molecule has 6 atom stereocenters. The minimum atomic E-state index is -0.927. The van der Waals surface area contributed by atoms with Gasteiger partial charge in [0.1, 0.15) is 24.4 Å². The first kappa shape index (κ1) is 36.1. The number of aliphatic hydroxyl groups is 2. The number of thioether (sulfide) groups is 1. The van der Waals surface area contributed by atoms with Gasteiger partial charge in [-0.2, -0.15) is 0 Å². The predicted molar refractivity (Wildman–Crippen MR) is 206 cm³/mol. The SMILES string of the molecule is C=CCOC12Oc3ccc(Oc4ccc5ccccc5c4)cc3C3C(CCCCO)C(CCCCO)C=C(C(=NOC)CC1SC1CCCC1)C32. The summed E-state index contributed by atoms with van der Waals surface area (Å²) in [6.07, 6.45) is 15.2. The van der Waals surface area contributed by atoms with Crippen LogP contribution in [0.1, 0.15) is 82.1 Å². The average Bonchev–Trinajstić information content (AvgIpc) is 3.67. The molecule has 2 N–H and O–H groups in total. The minimum absolute atomic E-state index is 0.00445. The van der Waals surface area contributed by atoms with Crippen molar-refractivity contribution in [3.05, 3.63) is 90.5 Å². The van der Waals surface area contributed by atoms with Crippen LogP contribution in [0.4, 0.5) is 0 Å². The molecule has 6 unspecified atom stereocenters. The number of oxime groups is 1. The van der Waals surface area contributed by atoms with Crippen LogP contribution in [0.3, 0.4) is 0 Å². The van der Waals surface area contributed by atoms with Gasteiger partial charge in [0, 0.05) is 36.4 Å². The maximum absolute atomic E-state index is 9.86. The lowest BCUT2D eigenvalue weighted by Crippen LogP contribution is -2.64. The number of allylic oxidation sites excluding steroid dienone is 1. The third-order valence-electron chi connectivity index (χ3n) is 11.4. The molecule has 7 rings (SSSR count). The molecule has 1 heterocycles.